The normalized spacial score (nSPS) is 14.5. The average molecular weight is 219 g/mol. The molecular formula is C9H15ClN2S. The van der Waals surface area contributed by atoms with E-state index in [0.717, 1.165) is 9.21 Å². The standard InChI is InChI=1S/C9H15ClN2S/c1-9(2,12-3)8(11)6-4-5-7(10)13-6/h4-5,8,12H,11H2,1-3H3. The summed E-state index contributed by atoms with van der Waals surface area (Å²) in [6, 6.07) is 3.85. The third-order valence-corrected chi connectivity index (χ3v) is 3.64. The highest BCUT2D eigenvalue weighted by molar-refractivity contribution is 7.16. The van der Waals surface area contributed by atoms with Crippen LogP contribution in [-0.4, -0.2) is 12.6 Å². The number of likely N-dealkylation sites (N-methyl/N-ethyl adjacent to an activating group) is 1. The zero-order valence-electron chi connectivity index (χ0n) is 8.10. The van der Waals surface area contributed by atoms with Crippen molar-refractivity contribution < 1.29 is 0 Å². The fraction of sp³-hybridized carbons (Fsp3) is 0.556. The average Bonchev–Trinajstić information content (AvgIpc) is 2.50. The molecule has 1 heterocycles. The Balaban J connectivity index is 2.84. The minimum Gasteiger partial charge on any atom is -0.322 e. The lowest BCUT2D eigenvalue weighted by atomic mass is 9.94. The molecule has 0 spiro atoms. The summed E-state index contributed by atoms with van der Waals surface area (Å²) in [6.45, 7) is 4.15. The summed E-state index contributed by atoms with van der Waals surface area (Å²) in [4.78, 5) is 1.12. The van der Waals surface area contributed by atoms with Gasteiger partial charge in [0.1, 0.15) is 0 Å². The number of halogens is 1. The van der Waals surface area contributed by atoms with E-state index in [9.17, 15) is 0 Å². The molecule has 1 rings (SSSR count). The molecule has 4 heteroatoms. The summed E-state index contributed by atoms with van der Waals surface area (Å²) in [5.41, 5.74) is 5.98. The largest absolute Gasteiger partial charge is 0.322 e. The summed E-state index contributed by atoms with van der Waals surface area (Å²) >= 11 is 7.38. The Hall–Kier alpha value is -0.0900. The zero-order valence-corrected chi connectivity index (χ0v) is 9.67. The number of nitrogens with two attached hydrogens (primary N) is 1. The quantitative estimate of drug-likeness (QED) is 0.818. The monoisotopic (exact) mass is 218 g/mol. The van der Waals surface area contributed by atoms with Crippen LogP contribution >= 0.6 is 22.9 Å². The number of nitrogens with one attached hydrogen (secondary N) is 1. The minimum absolute atomic E-state index is 0.0185. The first-order chi connectivity index (χ1) is 5.97. The van der Waals surface area contributed by atoms with Crippen molar-refractivity contribution in [1.29, 1.82) is 0 Å². The SMILES string of the molecule is CNC(C)(C)C(N)c1ccc(Cl)s1. The third kappa shape index (κ3) is 2.44. The first-order valence-electron chi connectivity index (χ1n) is 4.17. The molecule has 1 aromatic heterocycles. The molecule has 0 fully saturated rings. The minimum atomic E-state index is -0.103. The van der Waals surface area contributed by atoms with E-state index in [1.165, 1.54) is 11.3 Å². The van der Waals surface area contributed by atoms with Gasteiger partial charge in [0.05, 0.1) is 10.4 Å². The van der Waals surface area contributed by atoms with Gasteiger partial charge in [0.2, 0.25) is 0 Å². The fourth-order valence-electron chi connectivity index (χ4n) is 1.01. The highest BCUT2D eigenvalue weighted by atomic mass is 35.5. The van der Waals surface area contributed by atoms with E-state index in [4.69, 9.17) is 17.3 Å². The Morgan fingerprint density at radius 3 is 2.54 bits per heavy atom. The van der Waals surface area contributed by atoms with Gasteiger partial charge in [-0.3, -0.25) is 0 Å². The maximum Gasteiger partial charge on any atom is 0.0931 e. The second-order valence-electron chi connectivity index (χ2n) is 3.59. The van der Waals surface area contributed by atoms with E-state index in [-0.39, 0.29) is 11.6 Å². The Bertz CT molecular complexity index is 283. The highest BCUT2D eigenvalue weighted by Gasteiger charge is 2.26. The van der Waals surface area contributed by atoms with Crippen molar-refractivity contribution in [2.75, 3.05) is 7.05 Å². The molecule has 2 nitrogen and oxygen atoms in total. The first-order valence-corrected chi connectivity index (χ1v) is 5.36. The zero-order chi connectivity index (χ0) is 10.1. The predicted molar refractivity (Wildman–Crippen MR) is 59.4 cm³/mol. The molecule has 0 aliphatic heterocycles. The molecule has 3 N–H and O–H groups in total. The molecule has 0 amide bonds. The van der Waals surface area contributed by atoms with Crippen LogP contribution in [0.1, 0.15) is 24.8 Å². The van der Waals surface area contributed by atoms with Gasteiger partial charge in [-0.1, -0.05) is 11.6 Å². The van der Waals surface area contributed by atoms with E-state index < -0.39 is 0 Å². The molecule has 0 aliphatic carbocycles. The van der Waals surface area contributed by atoms with Crippen LogP contribution in [-0.2, 0) is 0 Å². The molecule has 1 atom stereocenters. The van der Waals surface area contributed by atoms with Crippen LogP contribution in [0.4, 0.5) is 0 Å². The van der Waals surface area contributed by atoms with Crippen LogP contribution in [0.5, 0.6) is 0 Å². The van der Waals surface area contributed by atoms with Gasteiger partial charge < -0.3 is 11.1 Å². The summed E-state index contributed by atoms with van der Waals surface area (Å²) in [5, 5.41) is 3.19. The van der Waals surface area contributed by atoms with Crippen LogP contribution < -0.4 is 11.1 Å². The molecular weight excluding hydrogens is 204 g/mol. The molecule has 1 unspecified atom stereocenters. The van der Waals surface area contributed by atoms with E-state index >= 15 is 0 Å². The number of rotatable bonds is 3. The molecule has 74 valence electrons. The lowest BCUT2D eigenvalue weighted by Gasteiger charge is -2.30. The molecule has 0 saturated carbocycles. The van der Waals surface area contributed by atoms with Crippen LogP contribution in [0.25, 0.3) is 0 Å². The summed E-state index contributed by atoms with van der Waals surface area (Å²) < 4.78 is 0.789. The fourth-order valence-corrected chi connectivity index (χ4v) is 2.26. The molecule has 0 bridgehead atoms. The molecule has 13 heavy (non-hydrogen) atoms. The van der Waals surface area contributed by atoms with Gasteiger partial charge in [0.25, 0.3) is 0 Å². The van der Waals surface area contributed by atoms with Crippen molar-refractivity contribution in [3.8, 4) is 0 Å². The van der Waals surface area contributed by atoms with Crippen molar-refractivity contribution in [2.24, 2.45) is 5.73 Å². The highest BCUT2D eigenvalue weighted by Crippen LogP contribution is 2.30. The van der Waals surface area contributed by atoms with Crippen molar-refractivity contribution in [2.45, 2.75) is 25.4 Å². The van der Waals surface area contributed by atoms with Crippen molar-refractivity contribution in [3.05, 3.63) is 21.3 Å². The summed E-state index contributed by atoms with van der Waals surface area (Å²) in [5.74, 6) is 0. The van der Waals surface area contributed by atoms with Crippen LogP contribution in [0, 0.1) is 0 Å². The molecule has 1 aromatic rings. The van der Waals surface area contributed by atoms with E-state index in [1.54, 1.807) is 0 Å². The molecule has 0 saturated heterocycles. The van der Waals surface area contributed by atoms with E-state index in [1.807, 2.05) is 19.2 Å². The van der Waals surface area contributed by atoms with Crippen molar-refractivity contribution in [3.63, 3.8) is 0 Å². The van der Waals surface area contributed by atoms with Gasteiger partial charge in [0.15, 0.2) is 0 Å². The van der Waals surface area contributed by atoms with Crippen molar-refractivity contribution >= 4 is 22.9 Å². The second kappa shape index (κ2) is 3.96. The lowest BCUT2D eigenvalue weighted by molar-refractivity contribution is 0.352. The van der Waals surface area contributed by atoms with Gasteiger partial charge in [-0.2, -0.15) is 0 Å². The summed E-state index contributed by atoms with van der Waals surface area (Å²) in [7, 11) is 1.91. The molecule has 0 radical (unpaired) electrons. The Morgan fingerprint density at radius 1 is 1.54 bits per heavy atom. The van der Waals surface area contributed by atoms with Gasteiger partial charge in [-0.25, -0.2) is 0 Å². The predicted octanol–water partition coefficient (Wildman–Crippen LogP) is 2.40. The van der Waals surface area contributed by atoms with Crippen molar-refractivity contribution in [1.82, 2.24) is 5.32 Å². The molecule has 0 aromatic carbocycles. The lowest BCUT2D eigenvalue weighted by Crippen LogP contribution is -2.45. The van der Waals surface area contributed by atoms with Crippen LogP contribution in [0.2, 0.25) is 4.34 Å². The van der Waals surface area contributed by atoms with Crippen LogP contribution in [0.15, 0.2) is 12.1 Å². The van der Waals surface area contributed by atoms with Gasteiger partial charge in [0, 0.05) is 10.4 Å². The van der Waals surface area contributed by atoms with Gasteiger partial charge in [-0.05, 0) is 33.0 Å². The smallest absolute Gasteiger partial charge is 0.0931 e. The number of thiophene rings is 1. The van der Waals surface area contributed by atoms with Gasteiger partial charge >= 0.3 is 0 Å². The maximum absolute atomic E-state index is 6.09. The second-order valence-corrected chi connectivity index (χ2v) is 5.34. The van der Waals surface area contributed by atoms with Crippen LogP contribution in [0.3, 0.4) is 0 Å². The first kappa shape index (κ1) is 11.0. The van der Waals surface area contributed by atoms with E-state index in [2.05, 4.69) is 19.2 Å². The number of hydrogen-bond acceptors (Lipinski definition) is 3. The molecule has 0 aliphatic rings. The third-order valence-electron chi connectivity index (χ3n) is 2.32. The maximum atomic E-state index is 6.09. The van der Waals surface area contributed by atoms with E-state index in [0.29, 0.717) is 0 Å². The Morgan fingerprint density at radius 2 is 2.15 bits per heavy atom. The topological polar surface area (TPSA) is 38.0 Å². The van der Waals surface area contributed by atoms with Gasteiger partial charge in [-0.15, -0.1) is 11.3 Å². The number of hydrogen-bond donors (Lipinski definition) is 2. The summed E-state index contributed by atoms with van der Waals surface area (Å²) in [6.07, 6.45) is 0. The Labute approximate surface area is 88.1 Å². The Kier molecular flexibility index (Phi) is 3.35.